The lowest BCUT2D eigenvalue weighted by atomic mass is 10.0. The Morgan fingerprint density at radius 3 is 2.53 bits per heavy atom. The highest BCUT2D eigenvalue weighted by atomic mass is 16.3. The van der Waals surface area contributed by atoms with E-state index in [1.807, 2.05) is 30.3 Å². The van der Waals surface area contributed by atoms with Crippen molar-refractivity contribution in [2.75, 3.05) is 6.61 Å². The molecule has 94 valence electrons. The molecule has 0 saturated heterocycles. The Kier molecular flexibility index (Phi) is 6.60. The lowest BCUT2D eigenvalue weighted by Crippen LogP contribution is -2.04. The lowest BCUT2D eigenvalue weighted by molar-refractivity contribution is 0.208. The van der Waals surface area contributed by atoms with Crippen LogP contribution in [0.3, 0.4) is 0 Å². The SMILES string of the molecule is CCCCCC(O)C=C(CO)c1ccccc1. The van der Waals surface area contributed by atoms with Gasteiger partial charge in [-0.25, -0.2) is 0 Å². The maximum atomic E-state index is 9.85. The first-order chi connectivity index (χ1) is 8.27. The number of aliphatic hydroxyl groups excluding tert-OH is 2. The molecule has 2 N–H and O–H groups in total. The third-order valence-electron chi connectivity index (χ3n) is 2.81. The Balaban J connectivity index is 2.60. The van der Waals surface area contributed by atoms with E-state index in [9.17, 15) is 10.2 Å². The standard InChI is InChI=1S/C15H22O2/c1-2-3-5-10-15(17)11-14(12-16)13-8-6-4-7-9-13/h4,6-9,11,15-17H,2-3,5,10,12H2,1H3. The minimum atomic E-state index is -0.455. The zero-order valence-electron chi connectivity index (χ0n) is 10.5. The first kappa shape index (κ1) is 13.9. The van der Waals surface area contributed by atoms with Gasteiger partial charge in [0.15, 0.2) is 0 Å². The molecule has 0 heterocycles. The Hall–Kier alpha value is -1.12. The molecule has 0 spiro atoms. The van der Waals surface area contributed by atoms with E-state index in [0.717, 1.165) is 36.8 Å². The molecular formula is C15H22O2. The predicted molar refractivity (Wildman–Crippen MR) is 71.7 cm³/mol. The summed E-state index contributed by atoms with van der Waals surface area (Å²) in [5, 5.41) is 19.2. The van der Waals surface area contributed by atoms with Gasteiger partial charge in [0.2, 0.25) is 0 Å². The molecule has 0 aliphatic rings. The van der Waals surface area contributed by atoms with Gasteiger partial charge in [0.1, 0.15) is 0 Å². The molecule has 1 aromatic rings. The number of unbranched alkanes of at least 4 members (excludes halogenated alkanes) is 2. The molecule has 2 heteroatoms. The summed E-state index contributed by atoms with van der Waals surface area (Å²) in [5.74, 6) is 0. The molecule has 0 radical (unpaired) electrons. The number of hydrogen-bond acceptors (Lipinski definition) is 2. The van der Waals surface area contributed by atoms with E-state index in [-0.39, 0.29) is 6.61 Å². The minimum absolute atomic E-state index is 0.0329. The van der Waals surface area contributed by atoms with E-state index >= 15 is 0 Å². The summed E-state index contributed by atoms with van der Waals surface area (Å²) in [6, 6.07) is 9.70. The molecule has 1 rings (SSSR count). The highest BCUT2D eigenvalue weighted by Gasteiger charge is 2.04. The van der Waals surface area contributed by atoms with Crippen LogP contribution in [0.25, 0.3) is 5.57 Å². The molecule has 0 fully saturated rings. The molecule has 0 aliphatic heterocycles. The molecule has 1 atom stereocenters. The first-order valence-corrected chi connectivity index (χ1v) is 6.33. The van der Waals surface area contributed by atoms with Gasteiger partial charge in [-0.1, -0.05) is 62.6 Å². The van der Waals surface area contributed by atoms with E-state index in [0.29, 0.717) is 0 Å². The zero-order chi connectivity index (χ0) is 12.5. The topological polar surface area (TPSA) is 40.5 Å². The van der Waals surface area contributed by atoms with Crippen LogP contribution in [0.15, 0.2) is 36.4 Å². The zero-order valence-corrected chi connectivity index (χ0v) is 10.5. The number of rotatable bonds is 7. The van der Waals surface area contributed by atoms with Crippen molar-refractivity contribution in [1.29, 1.82) is 0 Å². The maximum absolute atomic E-state index is 9.85. The molecule has 0 bridgehead atoms. The molecule has 0 saturated carbocycles. The van der Waals surface area contributed by atoms with Gasteiger partial charge < -0.3 is 10.2 Å². The van der Waals surface area contributed by atoms with Gasteiger partial charge in [0, 0.05) is 0 Å². The van der Waals surface area contributed by atoms with Crippen LogP contribution in [0.4, 0.5) is 0 Å². The number of aliphatic hydroxyl groups is 2. The summed E-state index contributed by atoms with van der Waals surface area (Å²) in [5.41, 5.74) is 1.78. The van der Waals surface area contributed by atoms with Gasteiger partial charge in [-0.2, -0.15) is 0 Å². The van der Waals surface area contributed by atoms with Crippen LogP contribution in [-0.2, 0) is 0 Å². The van der Waals surface area contributed by atoms with Gasteiger partial charge in [-0.15, -0.1) is 0 Å². The summed E-state index contributed by atoms with van der Waals surface area (Å²) in [6.07, 6.45) is 5.41. The highest BCUT2D eigenvalue weighted by molar-refractivity contribution is 5.66. The van der Waals surface area contributed by atoms with E-state index in [4.69, 9.17) is 0 Å². The van der Waals surface area contributed by atoms with Crippen molar-refractivity contribution in [2.24, 2.45) is 0 Å². The van der Waals surface area contributed by atoms with Crippen molar-refractivity contribution in [1.82, 2.24) is 0 Å². The third kappa shape index (κ3) is 5.16. The van der Waals surface area contributed by atoms with Gasteiger partial charge in [-0.3, -0.25) is 0 Å². The van der Waals surface area contributed by atoms with Gasteiger partial charge in [-0.05, 0) is 17.6 Å². The van der Waals surface area contributed by atoms with Crippen LogP contribution in [0.2, 0.25) is 0 Å². The van der Waals surface area contributed by atoms with Crippen LogP contribution >= 0.6 is 0 Å². The monoisotopic (exact) mass is 234 g/mol. The molecule has 0 aliphatic carbocycles. The van der Waals surface area contributed by atoms with Crippen LogP contribution in [-0.4, -0.2) is 22.9 Å². The Bertz CT molecular complexity index is 330. The Morgan fingerprint density at radius 1 is 1.24 bits per heavy atom. The quantitative estimate of drug-likeness (QED) is 0.712. The van der Waals surface area contributed by atoms with E-state index < -0.39 is 6.10 Å². The summed E-state index contributed by atoms with van der Waals surface area (Å²) >= 11 is 0. The van der Waals surface area contributed by atoms with Crippen molar-refractivity contribution in [3.63, 3.8) is 0 Å². The van der Waals surface area contributed by atoms with Crippen LogP contribution < -0.4 is 0 Å². The van der Waals surface area contributed by atoms with Crippen molar-refractivity contribution >= 4 is 5.57 Å². The van der Waals surface area contributed by atoms with E-state index in [2.05, 4.69) is 6.92 Å². The minimum Gasteiger partial charge on any atom is -0.392 e. The second kappa shape index (κ2) is 8.04. The molecule has 0 amide bonds. The lowest BCUT2D eigenvalue weighted by Gasteiger charge is -2.09. The Morgan fingerprint density at radius 2 is 1.94 bits per heavy atom. The van der Waals surface area contributed by atoms with Gasteiger partial charge >= 0.3 is 0 Å². The van der Waals surface area contributed by atoms with Gasteiger partial charge in [0.05, 0.1) is 12.7 Å². The fourth-order valence-electron chi connectivity index (χ4n) is 1.81. The molecule has 1 aromatic carbocycles. The van der Waals surface area contributed by atoms with E-state index in [1.54, 1.807) is 6.08 Å². The summed E-state index contributed by atoms with van der Waals surface area (Å²) in [4.78, 5) is 0. The van der Waals surface area contributed by atoms with Crippen molar-refractivity contribution < 1.29 is 10.2 Å². The fourth-order valence-corrected chi connectivity index (χ4v) is 1.81. The molecule has 17 heavy (non-hydrogen) atoms. The molecular weight excluding hydrogens is 212 g/mol. The van der Waals surface area contributed by atoms with Crippen LogP contribution in [0.1, 0.15) is 38.2 Å². The van der Waals surface area contributed by atoms with Gasteiger partial charge in [0.25, 0.3) is 0 Å². The number of benzene rings is 1. The largest absolute Gasteiger partial charge is 0.392 e. The Labute approximate surface area is 104 Å². The molecule has 1 unspecified atom stereocenters. The molecule has 0 aromatic heterocycles. The third-order valence-corrected chi connectivity index (χ3v) is 2.81. The highest BCUT2D eigenvalue weighted by Crippen LogP contribution is 2.15. The summed E-state index contributed by atoms with van der Waals surface area (Å²) in [6.45, 7) is 2.11. The van der Waals surface area contributed by atoms with Crippen LogP contribution in [0, 0.1) is 0 Å². The summed E-state index contributed by atoms with van der Waals surface area (Å²) < 4.78 is 0. The van der Waals surface area contributed by atoms with Crippen LogP contribution in [0.5, 0.6) is 0 Å². The van der Waals surface area contributed by atoms with E-state index in [1.165, 1.54) is 0 Å². The smallest absolute Gasteiger partial charge is 0.0727 e. The average molecular weight is 234 g/mol. The number of hydrogen-bond donors (Lipinski definition) is 2. The molecule has 2 nitrogen and oxygen atoms in total. The first-order valence-electron chi connectivity index (χ1n) is 6.33. The van der Waals surface area contributed by atoms with Crippen molar-refractivity contribution in [3.8, 4) is 0 Å². The second-order valence-electron chi connectivity index (χ2n) is 4.28. The van der Waals surface area contributed by atoms with Crippen molar-refractivity contribution in [2.45, 2.75) is 38.7 Å². The fraction of sp³-hybridized carbons (Fsp3) is 0.467. The predicted octanol–water partition coefficient (Wildman–Crippen LogP) is 3.00. The summed E-state index contributed by atoms with van der Waals surface area (Å²) in [7, 11) is 0. The average Bonchev–Trinajstić information content (AvgIpc) is 2.37. The maximum Gasteiger partial charge on any atom is 0.0727 e. The van der Waals surface area contributed by atoms with Crippen molar-refractivity contribution in [3.05, 3.63) is 42.0 Å². The normalized spacial score (nSPS) is 13.7. The second-order valence-corrected chi connectivity index (χ2v) is 4.28.